The lowest BCUT2D eigenvalue weighted by atomic mass is 10.2. The van der Waals surface area contributed by atoms with Crippen molar-refractivity contribution >= 4 is 27.7 Å². The predicted octanol–water partition coefficient (Wildman–Crippen LogP) is 2.63. The summed E-state index contributed by atoms with van der Waals surface area (Å²) in [5, 5.41) is 2.85. The first-order valence-electron chi connectivity index (χ1n) is 8.59. The molecule has 0 bridgehead atoms. The first-order valence-corrected chi connectivity index (χ1v) is 11.2. The van der Waals surface area contributed by atoms with E-state index in [2.05, 4.69) is 5.32 Å². The molecule has 0 aromatic heterocycles. The van der Waals surface area contributed by atoms with E-state index in [0.29, 0.717) is 25.9 Å². The second-order valence-corrected chi connectivity index (χ2v) is 9.24. The fourth-order valence-corrected chi connectivity index (χ4v) is 5.43. The summed E-state index contributed by atoms with van der Waals surface area (Å²) < 4.78 is 38.6. The fourth-order valence-electron chi connectivity index (χ4n) is 2.83. The molecule has 0 radical (unpaired) electrons. The van der Waals surface area contributed by atoms with Crippen LogP contribution >= 0.6 is 11.8 Å². The van der Waals surface area contributed by atoms with Gasteiger partial charge in [-0.15, -0.1) is 11.8 Å². The van der Waals surface area contributed by atoms with Gasteiger partial charge in [-0.1, -0.05) is 6.92 Å². The van der Waals surface area contributed by atoms with E-state index in [9.17, 15) is 17.6 Å². The molecule has 1 heterocycles. The van der Waals surface area contributed by atoms with E-state index in [4.69, 9.17) is 0 Å². The summed E-state index contributed by atoms with van der Waals surface area (Å²) in [6, 6.07) is 5.74. The normalized spacial score (nSPS) is 18.4. The lowest BCUT2D eigenvalue weighted by Gasteiger charge is -2.23. The lowest BCUT2D eigenvalue weighted by Crippen LogP contribution is -2.46. The van der Waals surface area contributed by atoms with Crippen molar-refractivity contribution in [1.82, 2.24) is 9.62 Å². The second-order valence-electron chi connectivity index (χ2n) is 6.03. The Morgan fingerprint density at radius 1 is 1.36 bits per heavy atom. The van der Waals surface area contributed by atoms with Gasteiger partial charge >= 0.3 is 0 Å². The molecule has 1 unspecified atom stereocenters. The van der Waals surface area contributed by atoms with Gasteiger partial charge in [-0.05, 0) is 55.7 Å². The summed E-state index contributed by atoms with van der Waals surface area (Å²) >= 11 is 1.60. The maximum Gasteiger partial charge on any atom is 0.238 e. The number of hydrogen-bond donors (Lipinski definition) is 1. The fraction of sp³-hybridized carbons (Fsp3) is 0.588. The maximum atomic E-state index is 12.8. The van der Waals surface area contributed by atoms with Crippen molar-refractivity contribution in [2.45, 2.75) is 43.5 Å². The molecule has 1 amide bonds. The number of sulfonamides is 1. The van der Waals surface area contributed by atoms with E-state index in [-0.39, 0.29) is 17.5 Å². The van der Waals surface area contributed by atoms with Crippen LogP contribution in [0.3, 0.4) is 0 Å². The number of nitrogens with zero attached hydrogens (tertiary/aromatic N) is 1. The summed E-state index contributed by atoms with van der Waals surface area (Å²) in [7, 11) is -3.34. The van der Waals surface area contributed by atoms with E-state index < -0.39 is 16.1 Å². The Morgan fingerprint density at radius 2 is 2.08 bits per heavy atom. The Balaban J connectivity index is 1.73. The Hall–Kier alpha value is -1.12. The predicted molar refractivity (Wildman–Crippen MR) is 98.6 cm³/mol. The van der Waals surface area contributed by atoms with E-state index in [0.717, 1.165) is 23.5 Å². The van der Waals surface area contributed by atoms with Gasteiger partial charge in [0.15, 0.2) is 0 Å². The van der Waals surface area contributed by atoms with E-state index in [1.54, 1.807) is 23.9 Å². The van der Waals surface area contributed by atoms with Crippen molar-refractivity contribution in [2.24, 2.45) is 0 Å². The quantitative estimate of drug-likeness (QED) is 0.522. The van der Waals surface area contributed by atoms with Crippen molar-refractivity contribution in [1.29, 1.82) is 0 Å². The summed E-state index contributed by atoms with van der Waals surface area (Å²) in [5.74, 6) is 0.430. The number of halogens is 1. The molecule has 1 aromatic carbocycles. The molecule has 1 aromatic rings. The zero-order valence-corrected chi connectivity index (χ0v) is 16.0. The van der Waals surface area contributed by atoms with Crippen LogP contribution in [-0.4, -0.2) is 49.3 Å². The third kappa shape index (κ3) is 5.97. The van der Waals surface area contributed by atoms with Crippen LogP contribution in [0, 0.1) is 5.82 Å². The number of thioether (sulfide) groups is 1. The van der Waals surface area contributed by atoms with Crippen LogP contribution in [0.2, 0.25) is 0 Å². The van der Waals surface area contributed by atoms with Crippen LogP contribution in [0.5, 0.6) is 0 Å². The molecule has 2 rings (SSSR count). The van der Waals surface area contributed by atoms with Crippen LogP contribution in [0.25, 0.3) is 0 Å². The topological polar surface area (TPSA) is 66.5 Å². The molecule has 0 aliphatic carbocycles. The number of benzene rings is 1. The molecule has 1 N–H and O–H groups in total. The largest absolute Gasteiger partial charge is 0.355 e. The van der Waals surface area contributed by atoms with Gasteiger partial charge in [0.1, 0.15) is 11.9 Å². The molecule has 1 aliphatic rings. The van der Waals surface area contributed by atoms with Crippen molar-refractivity contribution < 1.29 is 17.6 Å². The minimum absolute atomic E-state index is 0.0884. The zero-order chi connectivity index (χ0) is 18.3. The average Bonchev–Trinajstić information content (AvgIpc) is 3.07. The molecule has 8 heteroatoms. The molecule has 0 saturated carbocycles. The monoisotopic (exact) mass is 388 g/mol. The third-order valence-corrected chi connectivity index (χ3v) is 7.20. The highest BCUT2D eigenvalue weighted by Crippen LogP contribution is 2.22. The molecule has 1 aliphatic heterocycles. The highest BCUT2D eigenvalue weighted by atomic mass is 32.2. The lowest BCUT2D eigenvalue weighted by molar-refractivity contribution is -0.124. The van der Waals surface area contributed by atoms with E-state index in [1.165, 1.54) is 16.4 Å². The number of carbonyl (C=O) groups excluding carboxylic acids is 1. The summed E-state index contributed by atoms with van der Waals surface area (Å²) in [6.45, 7) is 2.76. The third-order valence-electron chi connectivity index (χ3n) is 4.03. The molecule has 0 spiro atoms. The highest BCUT2D eigenvalue weighted by molar-refractivity contribution is 7.99. The SMILES string of the molecule is CCCS(=O)(=O)N1CCCC1C(=O)NCCCSc1ccc(F)cc1. The van der Waals surface area contributed by atoms with Crippen molar-refractivity contribution in [3.05, 3.63) is 30.1 Å². The van der Waals surface area contributed by atoms with Crippen molar-refractivity contribution in [3.8, 4) is 0 Å². The van der Waals surface area contributed by atoms with Gasteiger partial charge < -0.3 is 5.32 Å². The number of nitrogens with one attached hydrogen (secondary N) is 1. The van der Waals surface area contributed by atoms with Crippen LogP contribution in [0.4, 0.5) is 4.39 Å². The van der Waals surface area contributed by atoms with Gasteiger partial charge in [-0.25, -0.2) is 12.8 Å². The van der Waals surface area contributed by atoms with Gasteiger partial charge in [0.2, 0.25) is 15.9 Å². The van der Waals surface area contributed by atoms with E-state index >= 15 is 0 Å². The van der Waals surface area contributed by atoms with Crippen LogP contribution < -0.4 is 5.32 Å². The molecular weight excluding hydrogens is 363 g/mol. The minimum atomic E-state index is -3.34. The molecule has 1 saturated heterocycles. The minimum Gasteiger partial charge on any atom is -0.355 e. The van der Waals surface area contributed by atoms with E-state index in [1.807, 2.05) is 6.92 Å². The molecule has 140 valence electrons. The number of carbonyl (C=O) groups is 1. The molecule has 5 nitrogen and oxygen atoms in total. The van der Waals surface area contributed by atoms with Gasteiger partial charge in [-0.2, -0.15) is 4.31 Å². The summed E-state index contributed by atoms with van der Waals surface area (Å²) in [4.78, 5) is 13.3. The number of amides is 1. The molecule has 1 fully saturated rings. The smallest absolute Gasteiger partial charge is 0.238 e. The molecular formula is C17H25FN2O3S2. The first-order chi connectivity index (χ1) is 11.9. The second kappa shape index (κ2) is 9.54. The summed E-state index contributed by atoms with van der Waals surface area (Å²) in [6.07, 6.45) is 2.62. The first kappa shape index (κ1) is 20.2. The molecule has 1 atom stereocenters. The maximum absolute atomic E-state index is 12.8. The number of rotatable bonds is 9. The Morgan fingerprint density at radius 3 is 2.76 bits per heavy atom. The van der Waals surface area contributed by atoms with Crippen molar-refractivity contribution in [3.63, 3.8) is 0 Å². The van der Waals surface area contributed by atoms with Gasteiger partial charge in [0.25, 0.3) is 0 Å². The zero-order valence-electron chi connectivity index (χ0n) is 14.4. The average molecular weight is 389 g/mol. The van der Waals surface area contributed by atoms with Crippen LogP contribution in [0.1, 0.15) is 32.6 Å². The Kier molecular flexibility index (Phi) is 7.71. The summed E-state index contributed by atoms with van der Waals surface area (Å²) in [5.41, 5.74) is 0. The van der Waals surface area contributed by atoms with Crippen LogP contribution in [0.15, 0.2) is 29.2 Å². The van der Waals surface area contributed by atoms with Gasteiger partial charge in [0, 0.05) is 18.0 Å². The van der Waals surface area contributed by atoms with Crippen molar-refractivity contribution in [2.75, 3.05) is 24.6 Å². The standard InChI is InChI=1S/C17H25FN2O3S2/c1-2-13-25(22,23)20-11-3-5-16(20)17(21)19-10-4-12-24-15-8-6-14(18)7-9-15/h6-9,16H,2-5,10-13H2,1H3,(H,19,21). The highest BCUT2D eigenvalue weighted by Gasteiger charge is 2.37. The van der Waals surface area contributed by atoms with Gasteiger partial charge in [0.05, 0.1) is 5.75 Å². The number of hydrogen-bond acceptors (Lipinski definition) is 4. The Bertz CT molecular complexity index is 665. The van der Waals surface area contributed by atoms with Crippen LogP contribution in [-0.2, 0) is 14.8 Å². The van der Waals surface area contributed by atoms with Gasteiger partial charge in [-0.3, -0.25) is 4.79 Å². The molecule has 25 heavy (non-hydrogen) atoms. The Labute approximate surface area is 153 Å².